The third kappa shape index (κ3) is 4.16. The fourth-order valence-electron chi connectivity index (χ4n) is 3.33. The lowest BCUT2D eigenvalue weighted by Gasteiger charge is -2.07. The molecule has 0 spiro atoms. The smallest absolute Gasteiger partial charge is 0.0960 e. The SMILES string of the molecule is [B]c1ccc2cc3cc(CCCCCCCC)ccc3cc2c1. The molecule has 1 heteroatoms. The maximum Gasteiger partial charge on any atom is 0.113 e. The molecule has 0 aliphatic rings. The summed E-state index contributed by atoms with van der Waals surface area (Å²) < 4.78 is 0. The molecule has 0 aromatic heterocycles. The van der Waals surface area contributed by atoms with E-state index in [1.807, 2.05) is 6.07 Å². The van der Waals surface area contributed by atoms with E-state index < -0.39 is 0 Å². The molecule has 0 bridgehead atoms. The van der Waals surface area contributed by atoms with Crippen LogP contribution in [-0.2, 0) is 6.42 Å². The molecule has 3 aromatic carbocycles. The van der Waals surface area contributed by atoms with Gasteiger partial charge in [0.15, 0.2) is 0 Å². The first-order valence-electron chi connectivity index (χ1n) is 8.98. The minimum Gasteiger partial charge on any atom is -0.0960 e. The molecule has 0 N–H and O–H groups in total. The predicted molar refractivity (Wildman–Crippen MR) is 104 cm³/mol. The van der Waals surface area contributed by atoms with Gasteiger partial charge in [0.25, 0.3) is 0 Å². The Labute approximate surface area is 141 Å². The van der Waals surface area contributed by atoms with Crippen LogP contribution in [0, 0.1) is 0 Å². The van der Waals surface area contributed by atoms with Crippen LogP contribution in [0.15, 0.2) is 48.5 Å². The van der Waals surface area contributed by atoms with Crippen LogP contribution >= 0.6 is 0 Å². The highest BCUT2D eigenvalue weighted by Gasteiger charge is 2.01. The third-order valence-electron chi connectivity index (χ3n) is 4.70. The van der Waals surface area contributed by atoms with E-state index in [2.05, 4.69) is 49.4 Å². The summed E-state index contributed by atoms with van der Waals surface area (Å²) in [5.74, 6) is 0. The molecule has 0 atom stereocenters. The number of unbranched alkanes of at least 4 members (excludes halogenated alkanes) is 5. The van der Waals surface area contributed by atoms with Gasteiger partial charge in [0, 0.05) is 0 Å². The van der Waals surface area contributed by atoms with Crippen molar-refractivity contribution in [2.75, 3.05) is 0 Å². The Morgan fingerprint density at radius 1 is 0.652 bits per heavy atom. The van der Waals surface area contributed by atoms with E-state index in [4.69, 9.17) is 7.85 Å². The van der Waals surface area contributed by atoms with Gasteiger partial charge in [-0.1, -0.05) is 80.9 Å². The Balaban J connectivity index is 1.71. The lowest BCUT2D eigenvalue weighted by Crippen LogP contribution is -1.99. The van der Waals surface area contributed by atoms with Gasteiger partial charge in [-0.05, 0) is 52.1 Å². The van der Waals surface area contributed by atoms with Crippen molar-refractivity contribution in [1.29, 1.82) is 0 Å². The Hall–Kier alpha value is -1.76. The van der Waals surface area contributed by atoms with Crippen LogP contribution in [0.4, 0.5) is 0 Å². The predicted octanol–water partition coefficient (Wildman–Crippen LogP) is 5.69. The van der Waals surface area contributed by atoms with Gasteiger partial charge < -0.3 is 0 Å². The Morgan fingerprint density at radius 2 is 1.30 bits per heavy atom. The molecule has 0 saturated heterocycles. The highest BCUT2D eigenvalue weighted by atomic mass is 14.1. The van der Waals surface area contributed by atoms with E-state index in [1.54, 1.807) is 0 Å². The van der Waals surface area contributed by atoms with Crippen molar-refractivity contribution in [1.82, 2.24) is 0 Å². The summed E-state index contributed by atoms with van der Waals surface area (Å²) in [4.78, 5) is 0. The Morgan fingerprint density at radius 3 is 2.09 bits per heavy atom. The summed E-state index contributed by atoms with van der Waals surface area (Å²) in [7, 11) is 5.89. The van der Waals surface area contributed by atoms with E-state index >= 15 is 0 Å². The molecular formula is C22H25B. The number of aryl methyl sites for hydroxylation is 1. The lowest BCUT2D eigenvalue weighted by molar-refractivity contribution is 0.607. The second-order valence-electron chi connectivity index (χ2n) is 6.66. The molecule has 3 aromatic rings. The number of benzene rings is 3. The first kappa shape index (κ1) is 16.1. The van der Waals surface area contributed by atoms with Crippen molar-refractivity contribution >= 4 is 34.9 Å². The average molecular weight is 300 g/mol. The molecule has 0 saturated carbocycles. The van der Waals surface area contributed by atoms with Gasteiger partial charge in [-0.2, -0.15) is 0 Å². The van der Waals surface area contributed by atoms with Gasteiger partial charge >= 0.3 is 0 Å². The molecule has 2 radical (unpaired) electrons. The minimum absolute atomic E-state index is 0.830. The number of hydrogen-bond acceptors (Lipinski definition) is 0. The number of rotatable bonds is 7. The van der Waals surface area contributed by atoms with E-state index in [1.165, 1.54) is 72.1 Å². The van der Waals surface area contributed by atoms with E-state index in [0.29, 0.717) is 0 Å². The molecule has 0 aliphatic carbocycles. The van der Waals surface area contributed by atoms with Crippen molar-refractivity contribution in [3.63, 3.8) is 0 Å². The highest BCUT2D eigenvalue weighted by molar-refractivity contribution is 6.33. The summed E-state index contributed by atoms with van der Waals surface area (Å²) in [6.07, 6.45) is 9.34. The first-order chi connectivity index (χ1) is 11.3. The van der Waals surface area contributed by atoms with Crippen molar-refractivity contribution in [2.45, 2.75) is 51.9 Å². The van der Waals surface area contributed by atoms with Gasteiger partial charge in [0.05, 0.1) is 0 Å². The highest BCUT2D eigenvalue weighted by Crippen LogP contribution is 2.24. The Kier molecular flexibility index (Phi) is 5.38. The fraction of sp³-hybridized carbons (Fsp3) is 0.364. The molecule has 3 rings (SSSR count). The van der Waals surface area contributed by atoms with Crippen LogP contribution in [0.25, 0.3) is 21.5 Å². The van der Waals surface area contributed by atoms with Gasteiger partial charge in [-0.3, -0.25) is 0 Å². The maximum absolute atomic E-state index is 5.89. The largest absolute Gasteiger partial charge is 0.113 e. The summed E-state index contributed by atoms with van der Waals surface area (Å²) >= 11 is 0. The van der Waals surface area contributed by atoms with E-state index in [0.717, 1.165) is 5.46 Å². The fourth-order valence-corrected chi connectivity index (χ4v) is 3.33. The summed E-state index contributed by atoms with van der Waals surface area (Å²) in [6.45, 7) is 2.27. The van der Waals surface area contributed by atoms with Crippen LogP contribution in [0.1, 0.15) is 51.0 Å². The second-order valence-corrected chi connectivity index (χ2v) is 6.66. The molecule has 0 aliphatic heterocycles. The monoisotopic (exact) mass is 300 g/mol. The number of hydrogen-bond donors (Lipinski definition) is 0. The van der Waals surface area contributed by atoms with Crippen molar-refractivity contribution in [3.8, 4) is 0 Å². The third-order valence-corrected chi connectivity index (χ3v) is 4.70. The standard InChI is InChI=1S/C22H25B/c1-2-3-4-5-6-7-8-17-9-10-18-15-21-16-22(23)12-11-19(21)14-20(18)13-17/h9-16H,2-8H2,1H3. The number of fused-ring (bicyclic) bond motifs is 2. The quantitative estimate of drug-likeness (QED) is 0.299. The zero-order valence-electron chi connectivity index (χ0n) is 14.1. The van der Waals surface area contributed by atoms with Crippen LogP contribution in [0.5, 0.6) is 0 Å². The van der Waals surface area contributed by atoms with Gasteiger partial charge in [-0.25, -0.2) is 0 Å². The molecule has 0 heterocycles. The summed E-state index contributed by atoms with van der Waals surface area (Å²) in [5.41, 5.74) is 2.29. The first-order valence-corrected chi connectivity index (χ1v) is 8.98. The summed E-state index contributed by atoms with van der Waals surface area (Å²) in [5, 5.41) is 5.13. The molecule has 23 heavy (non-hydrogen) atoms. The van der Waals surface area contributed by atoms with E-state index in [9.17, 15) is 0 Å². The minimum atomic E-state index is 0.830. The van der Waals surface area contributed by atoms with Gasteiger partial charge in [0.1, 0.15) is 7.85 Å². The van der Waals surface area contributed by atoms with Crippen molar-refractivity contribution in [3.05, 3.63) is 54.1 Å². The zero-order valence-corrected chi connectivity index (χ0v) is 14.1. The van der Waals surface area contributed by atoms with Crippen LogP contribution in [-0.4, -0.2) is 7.85 Å². The average Bonchev–Trinajstić information content (AvgIpc) is 2.56. The molecule has 116 valence electrons. The normalized spacial score (nSPS) is 11.3. The molecular weight excluding hydrogens is 275 g/mol. The molecule has 0 amide bonds. The van der Waals surface area contributed by atoms with Crippen LogP contribution in [0.2, 0.25) is 0 Å². The van der Waals surface area contributed by atoms with Gasteiger partial charge in [-0.15, -0.1) is 0 Å². The molecule has 0 nitrogen and oxygen atoms in total. The maximum atomic E-state index is 5.89. The van der Waals surface area contributed by atoms with Crippen LogP contribution in [0.3, 0.4) is 0 Å². The zero-order chi connectivity index (χ0) is 16.1. The van der Waals surface area contributed by atoms with Gasteiger partial charge in [0.2, 0.25) is 0 Å². The second kappa shape index (κ2) is 7.68. The van der Waals surface area contributed by atoms with Crippen molar-refractivity contribution in [2.24, 2.45) is 0 Å². The van der Waals surface area contributed by atoms with E-state index in [-0.39, 0.29) is 0 Å². The van der Waals surface area contributed by atoms with Crippen LogP contribution < -0.4 is 5.46 Å². The topological polar surface area (TPSA) is 0 Å². The molecule has 0 fully saturated rings. The summed E-state index contributed by atoms with van der Waals surface area (Å²) in [6, 6.07) is 17.6. The molecule has 0 unspecified atom stereocenters. The Bertz CT molecular complexity index is 788. The lowest BCUT2D eigenvalue weighted by atomic mass is 9.92. The van der Waals surface area contributed by atoms with Crippen molar-refractivity contribution < 1.29 is 0 Å².